The summed E-state index contributed by atoms with van der Waals surface area (Å²) in [7, 11) is -2.11. The largest absolute Gasteiger partial charge is 0.399 e. The van der Waals surface area contributed by atoms with Gasteiger partial charge in [-0.15, -0.1) is 0 Å². The summed E-state index contributed by atoms with van der Waals surface area (Å²) in [5, 5.41) is 2.43. The van der Waals surface area contributed by atoms with Gasteiger partial charge in [-0.25, -0.2) is 8.42 Å². The molecule has 0 aromatic heterocycles. The zero-order valence-corrected chi connectivity index (χ0v) is 10.8. The van der Waals surface area contributed by atoms with Crippen LogP contribution in [0, 0.1) is 0 Å². The van der Waals surface area contributed by atoms with E-state index in [0.29, 0.717) is 5.69 Å². The van der Waals surface area contributed by atoms with Gasteiger partial charge in [-0.1, -0.05) is 11.6 Å². The maximum Gasteiger partial charge on any atom is 0.220 e. The third-order valence-electron chi connectivity index (χ3n) is 2.17. The van der Waals surface area contributed by atoms with Gasteiger partial charge in [0.25, 0.3) is 0 Å². The molecular weight excluding hydrogens is 264 g/mol. The number of anilines is 1. The zero-order chi connectivity index (χ0) is 13.1. The molecule has 17 heavy (non-hydrogen) atoms. The minimum atomic E-state index is -3.56. The van der Waals surface area contributed by atoms with Crippen molar-refractivity contribution >= 4 is 33.0 Å². The molecule has 1 amide bonds. The first kappa shape index (κ1) is 13.8. The van der Waals surface area contributed by atoms with Crippen LogP contribution in [0.15, 0.2) is 23.1 Å². The molecular formula is C10H13ClN2O3S. The summed E-state index contributed by atoms with van der Waals surface area (Å²) in [4.78, 5) is 11.0. The predicted molar refractivity (Wildman–Crippen MR) is 66.6 cm³/mol. The first-order valence-corrected chi connectivity index (χ1v) is 6.88. The number of nitrogen functional groups attached to an aromatic ring is 1. The van der Waals surface area contributed by atoms with Crippen molar-refractivity contribution in [3.05, 3.63) is 23.2 Å². The molecule has 7 heteroatoms. The van der Waals surface area contributed by atoms with E-state index < -0.39 is 9.84 Å². The van der Waals surface area contributed by atoms with Gasteiger partial charge >= 0.3 is 0 Å². The molecule has 0 spiro atoms. The molecule has 1 aromatic rings. The lowest BCUT2D eigenvalue weighted by atomic mass is 10.3. The molecule has 0 fully saturated rings. The smallest absolute Gasteiger partial charge is 0.220 e. The van der Waals surface area contributed by atoms with Gasteiger partial charge in [-0.3, -0.25) is 4.79 Å². The van der Waals surface area contributed by atoms with Crippen LogP contribution in [0.25, 0.3) is 0 Å². The van der Waals surface area contributed by atoms with Crippen molar-refractivity contribution in [3.63, 3.8) is 0 Å². The molecule has 1 aromatic carbocycles. The van der Waals surface area contributed by atoms with Crippen molar-refractivity contribution < 1.29 is 13.2 Å². The van der Waals surface area contributed by atoms with Gasteiger partial charge in [0, 0.05) is 19.2 Å². The second-order valence-electron chi connectivity index (χ2n) is 3.43. The number of hydrogen-bond acceptors (Lipinski definition) is 4. The fourth-order valence-corrected chi connectivity index (χ4v) is 3.08. The third kappa shape index (κ3) is 3.61. The van der Waals surface area contributed by atoms with E-state index >= 15 is 0 Å². The minimum absolute atomic E-state index is 0.00253. The third-order valence-corrected chi connectivity index (χ3v) is 4.36. The highest BCUT2D eigenvalue weighted by Gasteiger charge is 2.19. The van der Waals surface area contributed by atoms with Crippen molar-refractivity contribution in [2.24, 2.45) is 0 Å². The molecule has 0 radical (unpaired) electrons. The maximum absolute atomic E-state index is 11.9. The topological polar surface area (TPSA) is 89.3 Å². The molecule has 0 saturated heterocycles. The quantitative estimate of drug-likeness (QED) is 0.797. The molecule has 0 bridgehead atoms. The standard InChI is InChI=1S/C10H13ClN2O3S/c1-13-10(14)4-5-17(15,16)9-3-2-7(12)6-8(9)11/h2-3,6H,4-5,12H2,1H3,(H,13,14). The number of nitrogens with two attached hydrogens (primary N) is 1. The van der Waals surface area contributed by atoms with Crippen LogP contribution < -0.4 is 11.1 Å². The molecule has 5 nitrogen and oxygen atoms in total. The molecule has 1 rings (SSSR count). The van der Waals surface area contributed by atoms with Gasteiger partial charge in [-0.2, -0.15) is 0 Å². The van der Waals surface area contributed by atoms with Crippen LogP contribution in [0.4, 0.5) is 5.69 Å². The van der Waals surface area contributed by atoms with Gasteiger partial charge < -0.3 is 11.1 Å². The van der Waals surface area contributed by atoms with Crippen LogP contribution in [0.5, 0.6) is 0 Å². The second kappa shape index (κ2) is 5.37. The van der Waals surface area contributed by atoms with E-state index in [9.17, 15) is 13.2 Å². The summed E-state index contributed by atoms with van der Waals surface area (Å²) in [5.74, 6) is -0.615. The van der Waals surface area contributed by atoms with Crippen LogP contribution in [0.1, 0.15) is 6.42 Å². The number of sulfone groups is 1. The maximum atomic E-state index is 11.9. The number of halogens is 1. The number of hydrogen-bond donors (Lipinski definition) is 2. The summed E-state index contributed by atoms with van der Waals surface area (Å²) >= 11 is 5.80. The Bertz CT molecular complexity index is 528. The molecule has 0 aliphatic carbocycles. The minimum Gasteiger partial charge on any atom is -0.399 e. The fraction of sp³-hybridized carbons (Fsp3) is 0.300. The Balaban J connectivity index is 2.94. The van der Waals surface area contributed by atoms with Crippen molar-refractivity contribution in [1.29, 1.82) is 0 Å². The van der Waals surface area contributed by atoms with Gasteiger partial charge in [0.15, 0.2) is 9.84 Å². The lowest BCUT2D eigenvalue weighted by Crippen LogP contribution is -2.21. The number of nitrogens with one attached hydrogen (secondary N) is 1. The van der Waals surface area contributed by atoms with Crippen molar-refractivity contribution in [2.45, 2.75) is 11.3 Å². The average Bonchev–Trinajstić information content (AvgIpc) is 2.25. The Kier molecular flexibility index (Phi) is 4.36. The van der Waals surface area contributed by atoms with Gasteiger partial charge in [0.2, 0.25) is 5.91 Å². The highest BCUT2D eigenvalue weighted by atomic mass is 35.5. The van der Waals surface area contributed by atoms with E-state index in [-0.39, 0.29) is 28.0 Å². The summed E-state index contributed by atoms with van der Waals surface area (Å²) in [6, 6.07) is 4.17. The van der Waals surface area contributed by atoms with E-state index in [2.05, 4.69) is 5.32 Å². The SMILES string of the molecule is CNC(=O)CCS(=O)(=O)c1ccc(N)cc1Cl. The van der Waals surface area contributed by atoms with E-state index in [0.717, 1.165) is 0 Å². The van der Waals surface area contributed by atoms with Crippen LogP contribution in [-0.2, 0) is 14.6 Å². The Morgan fingerprint density at radius 2 is 2.12 bits per heavy atom. The molecule has 0 aliphatic rings. The van der Waals surface area contributed by atoms with E-state index in [1.165, 1.54) is 25.2 Å². The summed E-state index contributed by atoms with van der Waals surface area (Å²) in [5.41, 5.74) is 5.86. The molecule has 3 N–H and O–H groups in total. The molecule has 94 valence electrons. The summed E-state index contributed by atoms with van der Waals surface area (Å²) in [6.07, 6.45) is -0.0977. The Morgan fingerprint density at radius 3 is 2.65 bits per heavy atom. The molecule has 0 heterocycles. The first-order chi connectivity index (χ1) is 7.86. The fourth-order valence-electron chi connectivity index (χ4n) is 1.23. The number of carbonyl (C=O) groups excluding carboxylic acids is 1. The Labute approximate surface area is 105 Å². The zero-order valence-electron chi connectivity index (χ0n) is 9.23. The van der Waals surface area contributed by atoms with Gasteiger partial charge in [-0.05, 0) is 18.2 Å². The Hall–Kier alpha value is -1.27. The predicted octanol–water partition coefficient (Wildman–Crippen LogP) is 0.832. The van der Waals surface area contributed by atoms with Crippen LogP contribution >= 0.6 is 11.6 Å². The highest BCUT2D eigenvalue weighted by Crippen LogP contribution is 2.24. The lowest BCUT2D eigenvalue weighted by molar-refractivity contribution is -0.120. The number of benzene rings is 1. The van der Waals surface area contributed by atoms with Crippen LogP contribution in [0.2, 0.25) is 5.02 Å². The van der Waals surface area contributed by atoms with E-state index in [1.807, 2.05) is 0 Å². The van der Waals surface area contributed by atoms with Crippen molar-refractivity contribution in [1.82, 2.24) is 5.32 Å². The summed E-state index contributed by atoms with van der Waals surface area (Å²) < 4.78 is 23.8. The number of amides is 1. The Morgan fingerprint density at radius 1 is 1.47 bits per heavy atom. The van der Waals surface area contributed by atoms with Crippen molar-refractivity contribution in [3.8, 4) is 0 Å². The number of rotatable bonds is 4. The number of carbonyl (C=O) groups is 1. The van der Waals surface area contributed by atoms with Gasteiger partial charge in [0.05, 0.1) is 15.7 Å². The first-order valence-electron chi connectivity index (χ1n) is 4.85. The summed E-state index contributed by atoms with van der Waals surface area (Å²) in [6.45, 7) is 0. The van der Waals surface area contributed by atoms with Crippen molar-refractivity contribution in [2.75, 3.05) is 18.5 Å². The molecule has 0 saturated carbocycles. The van der Waals surface area contributed by atoms with E-state index in [4.69, 9.17) is 17.3 Å². The normalized spacial score (nSPS) is 11.2. The monoisotopic (exact) mass is 276 g/mol. The molecule has 0 atom stereocenters. The highest BCUT2D eigenvalue weighted by molar-refractivity contribution is 7.91. The lowest BCUT2D eigenvalue weighted by Gasteiger charge is -2.06. The molecule has 0 aliphatic heterocycles. The van der Waals surface area contributed by atoms with Crippen LogP contribution in [0.3, 0.4) is 0 Å². The second-order valence-corrected chi connectivity index (χ2v) is 5.92. The van der Waals surface area contributed by atoms with E-state index in [1.54, 1.807) is 0 Å². The van der Waals surface area contributed by atoms with Crippen LogP contribution in [-0.4, -0.2) is 27.1 Å². The van der Waals surface area contributed by atoms with Gasteiger partial charge in [0.1, 0.15) is 0 Å². The average molecular weight is 277 g/mol. The molecule has 0 unspecified atom stereocenters.